The quantitative estimate of drug-likeness (QED) is 0.661. The first-order valence-corrected chi connectivity index (χ1v) is 7.76. The molecule has 1 amide bonds. The van der Waals surface area contributed by atoms with Gasteiger partial charge in [0.1, 0.15) is 17.4 Å². The van der Waals surface area contributed by atoms with Crippen LogP contribution in [-0.2, 0) is 10.2 Å². The lowest BCUT2D eigenvalue weighted by atomic mass is 9.87. The Hall–Kier alpha value is -2.76. The lowest BCUT2D eigenvalue weighted by molar-refractivity contribution is -0.123. The zero-order valence-corrected chi connectivity index (χ0v) is 14.3. The minimum atomic E-state index is -0.756. The van der Waals surface area contributed by atoms with Gasteiger partial charge in [-0.15, -0.1) is 0 Å². The lowest BCUT2D eigenvalue weighted by Crippen LogP contribution is -2.24. The second-order valence-corrected chi connectivity index (χ2v) is 6.52. The van der Waals surface area contributed by atoms with Crippen LogP contribution in [0, 0.1) is 11.6 Å². The minimum absolute atomic E-state index is 0.0419. The van der Waals surface area contributed by atoms with Crippen LogP contribution in [-0.4, -0.2) is 18.7 Å². The molecule has 2 aromatic rings. The third kappa shape index (κ3) is 5.67. The number of carbonyl (C=O) groups is 1. The minimum Gasteiger partial charge on any atom is -0.484 e. The maximum atomic E-state index is 13.4. The normalized spacial score (nSPS) is 11.6. The van der Waals surface area contributed by atoms with E-state index < -0.39 is 17.5 Å². The Kier molecular flexibility index (Phi) is 5.85. The topological polar surface area (TPSA) is 50.7 Å². The van der Waals surface area contributed by atoms with Gasteiger partial charge in [0.25, 0.3) is 5.91 Å². The summed E-state index contributed by atoms with van der Waals surface area (Å²) in [6.07, 6.45) is 1.10. The molecule has 2 rings (SSSR count). The highest BCUT2D eigenvalue weighted by Crippen LogP contribution is 2.24. The van der Waals surface area contributed by atoms with Crippen LogP contribution in [0.25, 0.3) is 0 Å². The Labute approximate surface area is 145 Å². The molecule has 6 heteroatoms. The van der Waals surface area contributed by atoms with E-state index >= 15 is 0 Å². The van der Waals surface area contributed by atoms with E-state index in [0.717, 1.165) is 23.9 Å². The molecule has 0 aliphatic carbocycles. The van der Waals surface area contributed by atoms with Crippen LogP contribution in [0.1, 0.15) is 31.9 Å². The molecule has 0 unspecified atom stereocenters. The summed E-state index contributed by atoms with van der Waals surface area (Å²) in [5.74, 6) is -1.35. The molecule has 25 heavy (non-hydrogen) atoms. The van der Waals surface area contributed by atoms with E-state index in [-0.39, 0.29) is 17.6 Å². The van der Waals surface area contributed by atoms with Crippen molar-refractivity contribution < 1.29 is 18.3 Å². The van der Waals surface area contributed by atoms with E-state index in [1.165, 1.54) is 6.07 Å². The highest BCUT2D eigenvalue weighted by atomic mass is 19.1. The average molecular weight is 346 g/mol. The summed E-state index contributed by atoms with van der Waals surface area (Å²) in [5.41, 5.74) is 3.50. The van der Waals surface area contributed by atoms with Crippen molar-refractivity contribution >= 4 is 12.1 Å². The molecule has 1 N–H and O–H groups in total. The molecule has 0 bridgehead atoms. The van der Waals surface area contributed by atoms with Crippen molar-refractivity contribution in [1.82, 2.24) is 5.43 Å². The molecule has 0 fully saturated rings. The van der Waals surface area contributed by atoms with Crippen LogP contribution in [0.4, 0.5) is 8.78 Å². The molecular formula is C19H20F2N2O2. The smallest absolute Gasteiger partial charge is 0.277 e. The van der Waals surface area contributed by atoms with Crippen molar-refractivity contribution in [2.45, 2.75) is 26.2 Å². The van der Waals surface area contributed by atoms with E-state index in [9.17, 15) is 13.6 Å². The van der Waals surface area contributed by atoms with Gasteiger partial charge >= 0.3 is 0 Å². The molecule has 0 heterocycles. The van der Waals surface area contributed by atoms with E-state index in [0.29, 0.717) is 5.75 Å². The van der Waals surface area contributed by atoms with E-state index in [1.807, 2.05) is 12.1 Å². The number of benzene rings is 2. The van der Waals surface area contributed by atoms with Gasteiger partial charge in [-0.1, -0.05) is 32.9 Å². The zero-order valence-electron chi connectivity index (χ0n) is 14.3. The predicted octanol–water partition coefficient (Wildman–Crippen LogP) is 3.79. The van der Waals surface area contributed by atoms with Crippen LogP contribution < -0.4 is 10.2 Å². The molecular weight excluding hydrogens is 326 g/mol. The SMILES string of the molecule is CC(C)(C)c1ccc(OCC(=O)N/N=C\c2ccc(F)cc2F)cc1. The molecule has 0 saturated heterocycles. The van der Waals surface area contributed by atoms with Gasteiger partial charge in [-0.05, 0) is 35.2 Å². The summed E-state index contributed by atoms with van der Waals surface area (Å²) in [6.45, 7) is 6.10. The third-order valence-electron chi connectivity index (χ3n) is 3.45. The van der Waals surface area contributed by atoms with Gasteiger partial charge in [0.05, 0.1) is 6.21 Å². The van der Waals surface area contributed by atoms with Crippen LogP contribution >= 0.6 is 0 Å². The molecule has 0 saturated carbocycles. The zero-order chi connectivity index (χ0) is 18.4. The molecule has 0 atom stereocenters. The Morgan fingerprint density at radius 3 is 2.44 bits per heavy atom. The Morgan fingerprint density at radius 1 is 1.16 bits per heavy atom. The monoisotopic (exact) mass is 346 g/mol. The Balaban J connectivity index is 1.83. The molecule has 0 spiro atoms. The Morgan fingerprint density at radius 2 is 1.84 bits per heavy atom. The van der Waals surface area contributed by atoms with Gasteiger partial charge in [-0.2, -0.15) is 5.10 Å². The van der Waals surface area contributed by atoms with Crippen molar-refractivity contribution in [2.24, 2.45) is 5.10 Å². The fourth-order valence-corrected chi connectivity index (χ4v) is 2.01. The number of nitrogens with one attached hydrogen (secondary N) is 1. The summed E-state index contributed by atoms with van der Waals surface area (Å²) in [4.78, 5) is 11.7. The Bertz CT molecular complexity index is 766. The maximum absolute atomic E-state index is 13.4. The van der Waals surface area contributed by atoms with Gasteiger partial charge in [-0.25, -0.2) is 14.2 Å². The summed E-state index contributed by atoms with van der Waals surface area (Å²) in [7, 11) is 0. The van der Waals surface area contributed by atoms with E-state index in [4.69, 9.17) is 4.74 Å². The predicted molar refractivity (Wildman–Crippen MR) is 92.7 cm³/mol. The van der Waals surface area contributed by atoms with Crippen molar-refractivity contribution in [3.05, 3.63) is 65.2 Å². The van der Waals surface area contributed by atoms with Crippen molar-refractivity contribution in [3.63, 3.8) is 0 Å². The van der Waals surface area contributed by atoms with Crippen molar-refractivity contribution in [3.8, 4) is 5.75 Å². The summed E-state index contributed by atoms with van der Waals surface area (Å²) < 4.78 is 31.5. The number of halogens is 2. The number of amides is 1. The molecule has 4 nitrogen and oxygen atoms in total. The highest BCUT2D eigenvalue weighted by Gasteiger charge is 2.13. The number of ether oxygens (including phenoxy) is 1. The number of nitrogens with zero attached hydrogens (tertiary/aromatic N) is 1. The van der Waals surface area contributed by atoms with Crippen LogP contribution in [0.5, 0.6) is 5.75 Å². The number of hydrogen-bond acceptors (Lipinski definition) is 3. The number of hydrazone groups is 1. The van der Waals surface area contributed by atoms with Gasteiger partial charge in [-0.3, -0.25) is 4.79 Å². The lowest BCUT2D eigenvalue weighted by Gasteiger charge is -2.19. The molecule has 0 aliphatic heterocycles. The maximum Gasteiger partial charge on any atom is 0.277 e. The standard InChI is InChI=1S/C19H20F2N2O2/c1-19(2,3)14-5-8-16(9-6-14)25-12-18(24)23-22-11-13-4-7-15(20)10-17(13)21/h4-11H,12H2,1-3H3,(H,23,24)/b22-11-. The molecule has 132 valence electrons. The largest absolute Gasteiger partial charge is 0.484 e. The molecule has 0 aliphatic rings. The summed E-state index contributed by atoms with van der Waals surface area (Å²) >= 11 is 0. The summed E-state index contributed by atoms with van der Waals surface area (Å²) in [6, 6.07) is 10.6. The second-order valence-electron chi connectivity index (χ2n) is 6.52. The van der Waals surface area contributed by atoms with Crippen LogP contribution in [0.2, 0.25) is 0 Å². The van der Waals surface area contributed by atoms with Gasteiger partial charge in [0, 0.05) is 11.6 Å². The number of hydrogen-bond donors (Lipinski definition) is 1. The first-order chi connectivity index (χ1) is 11.8. The first kappa shape index (κ1) is 18.6. The van der Waals surface area contributed by atoms with Crippen LogP contribution in [0.15, 0.2) is 47.6 Å². The number of carbonyl (C=O) groups excluding carboxylic acids is 1. The van der Waals surface area contributed by atoms with Crippen molar-refractivity contribution in [1.29, 1.82) is 0 Å². The van der Waals surface area contributed by atoms with Gasteiger partial charge in [0.15, 0.2) is 6.61 Å². The number of rotatable bonds is 5. The van der Waals surface area contributed by atoms with Gasteiger partial charge in [0.2, 0.25) is 0 Å². The average Bonchev–Trinajstić information content (AvgIpc) is 2.54. The van der Waals surface area contributed by atoms with E-state index in [1.54, 1.807) is 12.1 Å². The van der Waals surface area contributed by atoms with E-state index in [2.05, 4.69) is 31.3 Å². The molecule has 0 radical (unpaired) electrons. The van der Waals surface area contributed by atoms with Crippen molar-refractivity contribution in [2.75, 3.05) is 6.61 Å². The summed E-state index contributed by atoms with van der Waals surface area (Å²) in [5, 5.41) is 3.62. The fraction of sp³-hybridized carbons (Fsp3) is 0.263. The fourth-order valence-electron chi connectivity index (χ4n) is 2.01. The third-order valence-corrected chi connectivity index (χ3v) is 3.45. The van der Waals surface area contributed by atoms with Crippen LogP contribution in [0.3, 0.4) is 0 Å². The first-order valence-electron chi connectivity index (χ1n) is 7.76. The highest BCUT2D eigenvalue weighted by molar-refractivity contribution is 5.83. The van der Waals surface area contributed by atoms with Gasteiger partial charge < -0.3 is 4.74 Å². The molecule has 0 aromatic heterocycles. The molecule has 2 aromatic carbocycles. The second kappa shape index (κ2) is 7.88.